The Hall–Kier alpha value is -0.450. The summed E-state index contributed by atoms with van der Waals surface area (Å²) in [4.78, 5) is 11.1. The summed E-state index contributed by atoms with van der Waals surface area (Å²) in [6, 6.07) is 0. The van der Waals surface area contributed by atoms with Gasteiger partial charge in [-0.2, -0.15) is 0 Å². The summed E-state index contributed by atoms with van der Waals surface area (Å²) in [5.41, 5.74) is 0.354. The Kier molecular flexibility index (Phi) is 6.15. The first kappa shape index (κ1) is 15.6. The zero-order valence-electron chi connectivity index (χ0n) is 9.01. The average molecular weight is 289 g/mol. The van der Waals surface area contributed by atoms with Crippen molar-refractivity contribution in [3.63, 3.8) is 0 Å². The fourth-order valence-corrected chi connectivity index (χ4v) is 1.00. The van der Waals surface area contributed by atoms with Gasteiger partial charge in [0.1, 0.15) is 6.10 Å². The van der Waals surface area contributed by atoms with Gasteiger partial charge in [-0.15, -0.1) is 0 Å². The Morgan fingerprint density at radius 3 is 2.31 bits per heavy atom. The van der Waals surface area contributed by atoms with Crippen molar-refractivity contribution >= 4 is 46.7 Å². The molecule has 0 radical (unpaired) electrons. The van der Waals surface area contributed by atoms with Crippen LogP contribution >= 0.6 is 34.8 Å². The summed E-state index contributed by atoms with van der Waals surface area (Å²) in [6.45, 7) is 3.17. The molecule has 0 heterocycles. The van der Waals surface area contributed by atoms with Crippen molar-refractivity contribution < 1.29 is 14.3 Å². The van der Waals surface area contributed by atoms with Crippen LogP contribution in [-0.2, 0) is 14.3 Å². The van der Waals surface area contributed by atoms with E-state index in [1.165, 1.54) is 13.2 Å². The zero-order chi connectivity index (χ0) is 12.9. The molecule has 0 unspecified atom stereocenters. The first-order valence-electron chi connectivity index (χ1n) is 4.27. The number of hydrogen-bond donors (Lipinski definition) is 1. The van der Waals surface area contributed by atoms with Crippen LogP contribution in [0.1, 0.15) is 13.8 Å². The molecule has 0 aromatic heterocycles. The van der Waals surface area contributed by atoms with Crippen LogP contribution in [-0.4, -0.2) is 28.9 Å². The Morgan fingerprint density at radius 2 is 1.94 bits per heavy atom. The number of carbonyl (C=O) groups is 1. The highest BCUT2D eigenvalue weighted by atomic mass is 35.6. The van der Waals surface area contributed by atoms with E-state index in [1.54, 1.807) is 13.8 Å². The molecule has 1 atom stereocenters. The van der Waals surface area contributed by atoms with E-state index in [-0.39, 0.29) is 0 Å². The van der Waals surface area contributed by atoms with E-state index in [4.69, 9.17) is 44.9 Å². The molecular weight excluding hydrogens is 276 g/mol. The first-order chi connectivity index (χ1) is 7.18. The molecule has 16 heavy (non-hydrogen) atoms. The minimum absolute atomic E-state index is 0.354. The van der Waals surface area contributed by atoms with Gasteiger partial charge in [0, 0.05) is 5.57 Å². The van der Waals surface area contributed by atoms with E-state index in [0.717, 1.165) is 0 Å². The molecule has 0 aliphatic carbocycles. The number of esters is 1. The third-order valence-electron chi connectivity index (χ3n) is 1.55. The molecule has 0 amide bonds. The van der Waals surface area contributed by atoms with Crippen LogP contribution in [0.2, 0.25) is 0 Å². The lowest BCUT2D eigenvalue weighted by Crippen LogP contribution is -2.25. The molecule has 0 spiro atoms. The lowest BCUT2D eigenvalue weighted by Gasteiger charge is -2.17. The topological polar surface area (TPSA) is 59.4 Å². The van der Waals surface area contributed by atoms with Crippen molar-refractivity contribution in [2.75, 3.05) is 7.11 Å². The first-order valence-corrected chi connectivity index (χ1v) is 5.41. The van der Waals surface area contributed by atoms with Crippen molar-refractivity contribution in [2.45, 2.75) is 23.7 Å². The molecule has 0 rings (SSSR count). The number of ether oxygens (including phenoxy) is 2. The number of carbonyl (C=O) groups excluding carboxylic acids is 1. The van der Waals surface area contributed by atoms with E-state index in [1.807, 2.05) is 0 Å². The second kappa shape index (κ2) is 6.33. The van der Waals surface area contributed by atoms with Gasteiger partial charge in [0.2, 0.25) is 5.90 Å². The summed E-state index contributed by atoms with van der Waals surface area (Å²) < 4.78 is 7.57. The normalized spacial score (nSPS) is 14.2. The van der Waals surface area contributed by atoms with Gasteiger partial charge in [-0.1, -0.05) is 34.8 Å². The van der Waals surface area contributed by atoms with E-state index >= 15 is 0 Å². The molecule has 0 saturated carbocycles. The highest BCUT2D eigenvalue weighted by molar-refractivity contribution is 6.76. The summed E-state index contributed by atoms with van der Waals surface area (Å²) in [5, 5.41) is 7.30. The third kappa shape index (κ3) is 5.58. The number of halogens is 3. The fraction of sp³-hybridized carbons (Fsp3) is 0.556. The van der Waals surface area contributed by atoms with Gasteiger partial charge < -0.3 is 9.47 Å². The van der Waals surface area contributed by atoms with E-state index in [0.29, 0.717) is 5.57 Å². The number of alkyl halides is 3. The largest absolute Gasteiger partial charge is 0.471 e. The van der Waals surface area contributed by atoms with Crippen molar-refractivity contribution in [1.82, 2.24) is 0 Å². The smallest absolute Gasteiger partial charge is 0.333 e. The van der Waals surface area contributed by atoms with Crippen LogP contribution in [0.3, 0.4) is 0 Å². The molecule has 0 aromatic rings. The van der Waals surface area contributed by atoms with E-state index in [2.05, 4.69) is 4.74 Å². The summed E-state index contributed by atoms with van der Waals surface area (Å²) in [5.74, 6) is -0.977. The molecule has 7 heteroatoms. The molecule has 4 nitrogen and oxygen atoms in total. The van der Waals surface area contributed by atoms with Gasteiger partial charge in [-0.05, 0) is 19.9 Å². The number of methoxy groups -OCH3 is 1. The highest BCUT2D eigenvalue weighted by Gasteiger charge is 2.29. The summed E-state index contributed by atoms with van der Waals surface area (Å²) in [6.07, 6.45) is 0.902. The van der Waals surface area contributed by atoms with Crippen LogP contribution in [0, 0.1) is 5.41 Å². The highest BCUT2D eigenvalue weighted by Crippen LogP contribution is 2.28. The molecule has 0 saturated heterocycles. The van der Waals surface area contributed by atoms with Crippen molar-refractivity contribution in [2.24, 2.45) is 0 Å². The van der Waals surface area contributed by atoms with Gasteiger partial charge in [-0.25, -0.2) is 4.79 Å². The Morgan fingerprint density at radius 1 is 1.44 bits per heavy atom. The Bertz CT molecular complexity index is 310. The van der Waals surface area contributed by atoms with Crippen molar-refractivity contribution in [3.8, 4) is 0 Å². The standard InChI is InChI=1S/C9H12Cl3NO3/c1-5(7(14)15-3)4-6(2)16-8(13)9(10,11)12/h4,6,13H,1-3H3/b5-4+,13-8?/t6-/m0/s1. The Balaban J connectivity index is 4.45. The van der Waals surface area contributed by atoms with Gasteiger partial charge in [0.05, 0.1) is 7.11 Å². The third-order valence-corrected chi connectivity index (χ3v) is 2.07. The van der Waals surface area contributed by atoms with Crippen LogP contribution < -0.4 is 0 Å². The van der Waals surface area contributed by atoms with Crippen LogP contribution in [0.25, 0.3) is 0 Å². The van der Waals surface area contributed by atoms with Gasteiger partial charge in [0.15, 0.2) is 0 Å². The maximum Gasteiger partial charge on any atom is 0.333 e. The minimum atomic E-state index is -1.90. The molecular formula is C9H12Cl3NO3. The second-order valence-electron chi connectivity index (χ2n) is 2.99. The lowest BCUT2D eigenvalue weighted by atomic mass is 10.2. The molecule has 92 valence electrons. The minimum Gasteiger partial charge on any atom is -0.471 e. The van der Waals surface area contributed by atoms with Crippen LogP contribution in [0.5, 0.6) is 0 Å². The molecule has 0 fully saturated rings. The van der Waals surface area contributed by atoms with E-state index in [9.17, 15) is 4.79 Å². The van der Waals surface area contributed by atoms with Crippen molar-refractivity contribution in [1.29, 1.82) is 5.41 Å². The monoisotopic (exact) mass is 287 g/mol. The Labute approximate surface area is 109 Å². The van der Waals surface area contributed by atoms with Gasteiger partial charge >= 0.3 is 5.97 Å². The number of hydrogen-bond acceptors (Lipinski definition) is 4. The quantitative estimate of drug-likeness (QED) is 0.286. The second-order valence-corrected chi connectivity index (χ2v) is 5.27. The predicted octanol–water partition coefficient (Wildman–Crippen LogP) is 2.86. The molecule has 0 bridgehead atoms. The van der Waals surface area contributed by atoms with Gasteiger partial charge in [-0.3, -0.25) is 5.41 Å². The molecule has 1 N–H and O–H groups in total. The van der Waals surface area contributed by atoms with Crippen molar-refractivity contribution in [3.05, 3.63) is 11.6 Å². The fourth-order valence-electron chi connectivity index (χ4n) is 0.868. The predicted molar refractivity (Wildman–Crippen MR) is 64.3 cm³/mol. The number of nitrogens with one attached hydrogen (secondary N) is 1. The van der Waals surface area contributed by atoms with Gasteiger partial charge in [0.25, 0.3) is 3.79 Å². The number of rotatable bonds is 3. The molecule has 0 aromatic carbocycles. The van der Waals surface area contributed by atoms with Crippen LogP contribution in [0.4, 0.5) is 0 Å². The van der Waals surface area contributed by atoms with E-state index < -0.39 is 21.8 Å². The summed E-state index contributed by atoms with van der Waals surface area (Å²) >= 11 is 16.3. The maximum atomic E-state index is 11.1. The molecule has 0 aliphatic rings. The molecule has 0 aliphatic heterocycles. The van der Waals surface area contributed by atoms with Crippen LogP contribution in [0.15, 0.2) is 11.6 Å². The lowest BCUT2D eigenvalue weighted by molar-refractivity contribution is -0.136. The zero-order valence-corrected chi connectivity index (χ0v) is 11.3. The summed E-state index contributed by atoms with van der Waals surface area (Å²) in [7, 11) is 1.27. The average Bonchev–Trinajstić information content (AvgIpc) is 2.14. The maximum absolute atomic E-state index is 11.1. The SMILES string of the molecule is COC(=O)/C(C)=C/[C@H](C)OC(=N)C(Cl)(Cl)Cl.